The molecule has 0 fully saturated rings. The van der Waals surface area contributed by atoms with Crippen LogP contribution in [0.4, 0.5) is 0 Å². The van der Waals surface area contributed by atoms with Crippen molar-refractivity contribution >= 4 is 0 Å². The lowest BCUT2D eigenvalue weighted by molar-refractivity contribution is 0.200. The van der Waals surface area contributed by atoms with Gasteiger partial charge in [-0.1, -0.05) is 12.1 Å². The summed E-state index contributed by atoms with van der Waals surface area (Å²) in [5, 5.41) is 18.2. The molecule has 1 heterocycles. The van der Waals surface area contributed by atoms with Crippen molar-refractivity contribution in [3.8, 4) is 22.9 Å². The fraction of sp³-hybridized carbons (Fsp3) is 0.167. The molecule has 88 valence electrons. The van der Waals surface area contributed by atoms with E-state index in [2.05, 4.69) is 9.97 Å². The summed E-state index contributed by atoms with van der Waals surface area (Å²) >= 11 is 0. The van der Waals surface area contributed by atoms with Crippen LogP contribution in [0.5, 0.6) is 11.5 Å². The molecule has 2 N–H and O–H groups in total. The molecule has 1 aromatic carbocycles. The SMILES string of the molecule is OCCOc1cnc(-c2ccccc2O)nc1. The summed E-state index contributed by atoms with van der Waals surface area (Å²) in [7, 11) is 0. The minimum Gasteiger partial charge on any atom is -0.507 e. The number of ether oxygens (including phenoxy) is 1. The lowest BCUT2D eigenvalue weighted by Crippen LogP contribution is -2.02. The molecule has 5 nitrogen and oxygen atoms in total. The van der Waals surface area contributed by atoms with Crippen molar-refractivity contribution in [1.82, 2.24) is 9.97 Å². The highest BCUT2D eigenvalue weighted by Crippen LogP contribution is 2.25. The fourth-order valence-corrected chi connectivity index (χ4v) is 1.36. The summed E-state index contributed by atoms with van der Waals surface area (Å²) < 4.78 is 5.14. The van der Waals surface area contributed by atoms with Gasteiger partial charge in [-0.3, -0.25) is 0 Å². The van der Waals surface area contributed by atoms with Gasteiger partial charge in [0.1, 0.15) is 12.4 Å². The third-order valence-corrected chi connectivity index (χ3v) is 2.13. The molecule has 17 heavy (non-hydrogen) atoms. The molecule has 0 radical (unpaired) electrons. The molecular formula is C12H12N2O3. The Morgan fingerprint density at radius 1 is 1.12 bits per heavy atom. The molecular weight excluding hydrogens is 220 g/mol. The summed E-state index contributed by atoms with van der Waals surface area (Å²) in [6.07, 6.45) is 3.01. The maximum Gasteiger partial charge on any atom is 0.163 e. The van der Waals surface area contributed by atoms with Crippen molar-refractivity contribution in [2.45, 2.75) is 0 Å². The summed E-state index contributed by atoms with van der Waals surface area (Å²) in [5.41, 5.74) is 0.571. The number of rotatable bonds is 4. The van der Waals surface area contributed by atoms with Gasteiger partial charge < -0.3 is 14.9 Å². The van der Waals surface area contributed by atoms with E-state index in [0.29, 0.717) is 17.1 Å². The standard InChI is InChI=1S/C12H12N2O3/c15-5-6-17-9-7-13-12(14-8-9)10-3-1-2-4-11(10)16/h1-4,7-8,15-16H,5-6H2. The average molecular weight is 232 g/mol. The van der Waals surface area contributed by atoms with Gasteiger partial charge in [-0.2, -0.15) is 0 Å². The maximum absolute atomic E-state index is 9.63. The van der Waals surface area contributed by atoms with Crippen LogP contribution in [0.1, 0.15) is 0 Å². The number of hydrogen-bond acceptors (Lipinski definition) is 5. The third kappa shape index (κ3) is 2.70. The third-order valence-electron chi connectivity index (χ3n) is 2.13. The Morgan fingerprint density at radius 2 is 1.82 bits per heavy atom. The van der Waals surface area contributed by atoms with Crippen LogP contribution in [0.15, 0.2) is 36.7 Å². The Hall–Kier alpha value is -2.14. The number of aromatic nitrogens is 2. The zero-order valence-electron chi connectivity index (χ0n) is 9.08. The number of benzene rings is 1. The predicted octanol–water partition coefficient (Wildman–Crippen LogP) is 1.22. The number of phenols is 1. The van der Waals surface area contributed by atoms with Gasteiger partial charge in [-0.25, -0.2) is 9.97 Å². The monoisotopic (exact) mass is 232 g/mol. The maximum atomic E-state index is 9.63. The molecule has 0 aliphatic carbocycles. The van der Waals surface area contributed by atoms with Gasteiger partial charge in [0.2, 0.25) is 0 Å². The molecule has 2 rings (SSSR count). The van der Waals surface area contributed by atoms with Crippen LogP contribution in [-0.4, -0.2) is 33.4 Å². The van der Waals surface area contributed by atoms with Crippen LogP contribution >= 0.6 is 0 Å². The highest BCUT2D eigenvalue weighted by atomic mass is 16.5. The zero-order valence-corrected chi connectivity index (χ0v) is 9.08. The van der Waals surface area contributed by atoms with Gasteiger partial charge in [0.05, 0.1) is 24.6 Å². The van der Waals surface area contributed by atoms with Crippen LogP contribution in [0.25, 0.3) is 11.4 Å². The fourth-order valence-electron chi connectivity index (χ4n) is 1.36. The van der Waals surface area contributed by atoms with E-state index in [1.165, 1.54) is 12.4 Å². The Balaban J connectivity index is 2.21. The second-order valence-corrected chi connectivity index (χ2v) is 3.33. The van der Waals surface area contributed by atoms with E-state index in [-0.39, 0.29) is 19.0 Å². The molecule has 0 aliphatic rings. The lowest BCUT2D eigenvalue weighted by Gasteiger charge is -2.05. The largest absolute Gasteiger partial charge is 0.507 e. The van der Waals surface area contributed by atoms with Gasteiger partial charge in [-0.15, -0.1) is 0 Å². The zero-order chi connectivity index (χ0) is 12.1. The molecule has 0 atom stereocenters. The summed E-state index contributed by atoms with van der Waals surface area (Å²) in [6.45, 7) is 0.153. The highest BCUT2D eigenvalue weighted by molar-refractivity contribution is 5.63. The highest BCUT2D eigenvalue weighted by Gasteiger charge is 2.06. The smallest absolute Gasteiger partial charge is 0.163 e. The molecule has 0 spiro atoms. The number of nitrogens with zero attached hydrogens (tertiary/aromatic N) is 2. The Kier molecular flexibility index (Phi) is 3.52. The summed E-state index contributed by atoms with van der Waals surface area (Å²) in [5.74, 6) is 1.05. The molecule has 2 aromatic rings. The van der Waals surface area contributed by atoms with E-state index in [0.717, 1.165) is 0 Å². The number of aromatic hydroxyl groups is 1. The first kappa shape index (κ1) is 11.3. The van der Waals surface area contributed by atoms with Gasteiger partial charge in [0.25, 0.3) is 0 Å². The Morgan fingerprint density at radius 3 is 2.47 bits per heavy atom. The first-order valence-electron chi connectivity index (χ1n) is 5.15. The lowest BCUT2D eigenvalue weighted by atomic mass is 10.2. The van der Waals surface area contributed by atoms with Gasteiger partial charge in [0.15, 0.2) is 11.6 Å². The van der Waals surface area contributed by atoms with Gasteiger partial charge in [0, 0.05) is 0 Å². The molecule has 1 aromatic heterocycles. The van der Waals surface area contributed by atoms with E-state index in [9.17, 15) is 5.11 Å². The molecule has 0 unspecified atom stereocenters. The molecule has 0 amide bonds. The molecule has 5 heteroatoms. The van der Waals surface area contributed by atoms with Crippen molar-refractivity contribution in [2.75, 3.05) is 13.2 Å². The van der Waals surface area contributed by atoms with E-state index in [1.54, 1.807) is 24.3 Å². The first-order chi connectivity index (χ1) is 8.31. The summed E-state index contributed by atoms with van der Waals surface area (Å²) in [6, 6.07) is 6.85. The average Bonchev–Trinajstić information content (AvgIpc) is 2.38. The number of aliphatic hydroxyl groups is 1. The van der Waals surface area contributed by atoms with Crippen molar-refractivity contribution in [3.63, 3.8) is 0 Å². The normalized spacial score (nSPS) is 10.2. The Labute approximate surface area is 98.4 Å². The number of aliphatic hydroxyl groups excluding tert-OH is 1. The number of hydrogen-bond donors (Lipinski definition) is 2. The number of phenolic OH excluding ortho intramolecular Hbond substituents is 1. The molecule has 0 saturated heterocycles. The predicted molar refractivity (Wildman–Crippen MR) is 61.7 cm³/mol. The molecule has 0 saturated carbocycles. The van der Waals surface area contributed by atoms with Crippen LogP contribution in [0.2, 0.25) is 0 Å². The van der Waals surface area contributed by atoms with Crippen molar-refractivity contribution in [1.29, 1.82) is 0 Å². The molecule has 0 bridgehead atoms. The summed E-state index contributed by atoms with van der Waals surface area (Å²) in [4.78, 5) is 8.17. The van der Waals surface area contributed by atoms with Crippen LogP contribution in [0, 0.1) is 0 Å². The van der Waals surface area contributed by atoms with E-state index in [1.807, 2.05) is 0 Å². The van der Waals surface area contributed by atoms with E-state index < -0.39 is 0 Å². The topological polar surface area (TPSA) is 75.5 Å². The van der Waals surface area contributed by atoms with Crippen molar-refractivity contribution < 1.29 is 14.9 Å². The minimum absolute atomic E-state index is 0.0543. The minimum atomic E-state index is -0.0543. The van der Waals surface area contributed by atoms with Crippen LogP contribution < -0.4 is 4.74 Å². The van der Waals surface area contributed by atoms with Crippen molar-refractivity contribution in [3.05, 3.63) is 36.7 Å². The van der Waals surface area contributed by atoms with Crippen LogP contribution in [0.3, 0.4) is 0 Å². The van der Waals surface area contributed by atoms with E-state index in [4.69, 9.17) is 9.84 Å². The number of para-hydroxylation sites is 1. The van der Waals surface area contributed by atoms with Gasteiger partial charge >= 0.3 is 0 Å². The van der Waals surface area contributed by atoms with E-state index >= 15 is 0 Å². The molecule has 0 aliphatic heterocycles. The second kappa shape index (κ2) is 5.27. The first-order valence-corrected chi connectivity index (χ1v) is 5.15. The van der Waals surface area contributed by atoms with Crippen molar-refractivity contribution in [2.24, 2.45) is 0 Å². The Bertz CT molecular complexity index is 485. The second-order valence-electron chi connectivity index (χ2n) is 3.33. The van der Waals surface area contributed by atoms with Gasteiger partial charge in [-0.05, 0) is 12.1 Å². The quantitative estimate of drug-likeness (QED) is 0.829. The van der Waals surface area contributed by atoms with Crippen LogP contribution in [-0.2, 0) is 0 Å².